The lowest BCUT2D eigenvalue weighted by atomic mass is 10.1. The van der Waals surface area contributed by atoms with Crippen LogP contribution in [-0.4, -0.2) is 43.0 Å². The van der Waals surface area contributed by atoms with E-state index >= 15 is 0 Å². The first kappa shape index (κ1) is 18.6. The summed E-state index contributed by atoms with van der Waals surface area (Å²) in [5.74, 6) is 0.0101. The first-order chi connectivity index (χ1) is 10.7. The van der Waals surface area contributed by atoms with Crippen LogP contribution >= 0.6 is 0 Å². The lowest BCUT2D eigenvalue weighted by Crippen LogP contribution is -2.34. The van der Waals surface area contributed by atoms with Gasteiger partial charge < -0.3 is 24.6 Å². The van der Waals surface area contributed by atoms with Gasteiger partial charge in [0.1, 0.15) is 12.2 Å². The summed E-state index contributed by atoms with van der Waals surface area (Å²) < 4.78 is 15.8. The maximum absolute atomic E-state index is 11.5. The zero-order valence-electron chi connectivity index (χ0n) is 13.8. The summed E-state index contributed by atoms with van der Waals surface area (Å²) in [7, 11) is 1.48. The van der Waals surface area contributed by atoms with Crippen molar-refractivity contribution in [2.24, 2.45) is 0 Å². The Balaban J connectivity index is 2.48. The highest BCUT2D eigenvalue weighted by atomic mass is 16.6. The highest BCUT2D eigenvalue weighted by Gasteiger charge is 2.15. The van der Waals surface area contributed by atoms with Gasteiger partial charge in [-0.1, -0.05) is 6.07 Å². The number of methoxy groups -OCH3 is 1. The number of carbonyl (C=O) groups is 2. The number of hydrogen-bond acceptors (Lipinski definition) is 5. The largest absolute Gasteiger partial charge is 0.493 e. The molecule has 0 aromatic heterocycles. The van der Waals surface area contributed by atoms with Crippen molar-refractivity contribution >= 4 is 12.1 Å². The minimum atomic E-state index is -0.915. The molecule has 1 rings (SSSR count). The Kier molecular flexibility index (Phi) is 6.68. The van der Waals surface area contributed by atoms with E-state index in [9.17, 15) is 9.59 Å². The molecule has 7 heteroatoms. The number of alkyl carbamates (subject to hydrolysis) is 1. The minimum Gasteiger partial charge on any atom is -0.493 e. The summed E-state index contributed by atoms with van der Waals surface area (Å²) in [4.78, 5) is 22.2. The number of carboxylic acid groups (broad SMARTS) is 1. The van der Waals surface area contributed by atoms with Crippen molar-refractivity contribution in [2.45, 2.75) is 32.8 Å². The fourth-order valence-corrected chi connectivity index (χ4v) is 1.74. The first-order valence-electron chi connectivity index (χ1n) is 7.19. The standard InChI is InChI=1S/C16H23NO6/c1-16(2,3)23-15(20)17-7-8-22-12-6-5-11(10-14(18)19)9-13(12)21-4/h5-6,9H,7-8,10H2,1-4H3,(H,17,20)(H,18,19). The van der Waals surface area contributed by atoms with Gasteiger partial charge in [0.05, 0.1) is 20.1 Å². The van der Waals surface area contributed by atoms with Crippen molar-refractivity contribution in [2.75, 3.05) is 20.3 Å². The predicted molar refractivity (Wildman–Crippen MR) is 84.1 cm³/mol. The Labute approximate surface area is 135 Å². The van der Waals surface area contributed by atoms with Crippen LogP contribution in [0.1, 0.15) is 26.3 Å². The maximum Gasteiger partial charge on any atom is 0.407 e. The van der Waals surface area contributed by atoms with Crippen molar-refractivity contribution in [3.63, 3.8) is 0 Å². The Hall–Kier alpha value is -2.44. The molecule has 0 spiro atoms. The van der Waals surface area contributed by atoms with Crippen molar-refractivity contribution in [1.82, 2.24) is 5.32 Å². The van der Waals surface area contributed by atoms with Crippen molar-refractivity contribution in [3.8, 4) is 11.5 Å². The van der Waals surface area contributed by atoms with Crippen molar-refractivity contribution < 1.29 is 28.9 Å². The summed E-state index contributed by atoms with van der Waals surface area (Å²) in [6.07, 6.45) is -0.596. The lowest BCUT2D eigenvalue weighted by Gasteiger charge is -2.19. The van der Waals surface area contributed by atoms with Gasteiger partial charge in [-0.2, -0.15) is 0 Å². The highest BCUT2D eigenvalue weighted by molar-refractivity contribution is 5.70. The fraction of sp³-hybridized carbons (Fsp3) is 0.500. The number of hydrogen-bond donors (Lipinski definition) is 2. The second kappa shape index (κ2) is 8.26. The third-order valence-electron chi connectivity index (χ3n) is 2.61. The number of nitrogens with one attached hydrogen (secondary N) is 1. The van der Waals surface area contributed by atoms with Gasteiger partial charge in [0, 0.05) is 0 Å². The van der Waals surface area contributed by atoms with Crippen LogP contribution in [0.2, 0.25) is 0 Å². The summed E-state index contributed by atoms with van der Waals surface area (Å²) in [5.41, 5.74) is 0.0716. The second-order valence-corrected chi connectivity index (χ2v) is 5.83. The van der Waals surface area contributed by atoms with Gasteiger partial charge >= 0.3 is 12.1 Å². The number of carbonyl (C=O) groups excluding carboxylic acids is 1. The van der Waals surface area contributed by atoms with Crippen LogP contribution < -0.4 is 14.8 Å². The summed E-state index contributed by atoms with van der Waals surface area (Å²) in [6, 6.07) is 4.92. The number of rotatable bonds is 7. The first-order valence-corrected chi connectivity index (χ1v) is 7.19. The molecule has 1 amide bonds. The van der Waals surface area contributed by atoms with Crippen LogP contribution in [0.15, 0.2) is 18.2 Å². The van der Waals surface area contributed by atoms with E-state index in [1.807, 2.05) is 0 Å². The quantitative estimate of drug-likeness (QED) is 0.747. The molecule has 0 aliphatic rings. The Bertz CT molecular complexity index is 550. The molecule has 0 heterocycles. The van der Waals surface area contributed by atoms with Crippen LogP contribution in [-0.2, 0) is 16.0 Å². The number of ether oxygens (including phenoxy) is 3. The Morgan fingerprint density at radius 3 is 2.48 bits per heavy atom. The lowest BCUT2D eigenvalue weighted by molar-refractivity contribution is -0.136. The van der Waals surface area contributed by atoms with Gasteiger partial charge in [0.25, 0.3) is 0 Å². The molecule has 0 saturated heterocycles. The fourth-order valence-electron chi connectivity index (χ4n) is 1.74. The molecule has 2 N–H and O–H groups in total. The smallest absolute Gasteiger partial charge is 0.407 e. The van der Waals surface area contributed by atoms with Crippen LogP contribution in [0.5, 0.6) is 11.5 Å². The van der Waals surface area contributed by atoms with Gasteiger partial charge in [0.15, 0.2) is 11.5 Å². The molecule has 1 aromatic carbocycles. The molecular weight excluding hydrogens is 302 g/mol. The van der Waals surface area contributed by atoms with E-state index in [-0.39, 0.29) is 19.6 Å². The Morgan fingerprint density at radius 1 is 1.22 bits per heavy atom. The molecule has 0 saturated carbocycles. The summed E-state index contributed by atoms with van der Waals surface area (Å²) in [5, 5.41) is 11.4. The summed E-state index contributed by atoms with van der Waals surface area (Å²) >= 11 is 0. The van der Waals surface area contributed by atoms with E-state index in [0.717, 1.165) is 0 Å². The van der Waals surface area contributed by atoms with E-state index in [2.05, 4.69) is 5.32 Å². The third kappa shape index (κ3) is 7.39. The third-order valence-corrected chi connectivity index (χ3v) is 2.61. The normalized spacial score (nSPS) is 10.8. The van der Waals surface area contributed by atoms with Crippen LogP contribution in [0.25, 0.3) is 0 Å². The molecule has 0 atom stereocenters. The molecule has 0 bridgehead atoms. The van der Waals surface area contributed by atoms with Gasteiger partial charge in [0.2, 0.25) is 0 Å². The molecule has 0 fully saturated rings. The molecule has 0 aliphatic carbocycles. The van der Waals surface area contributed by atoms with E-state index in [4.69, 9.17) is 19.3 Å². The Morgan fingerprint density at radius 2 is 1.91 bits per heavy atom. The molecule has 7 nitrogen and oxygen atoms in total. The van der Waals surface area contributed by atoms with Crippen LogP contribution in [0.4, 0.5) is 4.79 Å². The number of aliphatic carboxylic acids is 1. The number of carboxylic acids is 1. The molecule has 23 heavy (non-hydrogen) atoms. The van der Waals surface area contributed by atoms with Gasteiger partial charge in [-0.05, 0) is 38.5 Å². The average molecular weight is 325 g/mol. The minimum absolute atomic E-state index is 0.0865. The zero-order valence-corrected chi connectivity index (χ0v) is 13.8. The monoisotopic (exact) mass is 325 g/mol. The molecule has 0 radical (unpaired) electrons. The summed E-state index contributed by atoms with van der Waals surface area (Å²) in [6.45, 7) is 5.86. The molecule has 128 valence electrons. The van der Waals surface area contributed by atoms with Gasteiger partial charge in [-0.25, -0.2) is 4.79 Å². The van der Waals surface area contributed by atoms with E-state index in [1.165, 1.54) is 7.11 Å². The molecule has 0 unspecified atom stereocenters. The van der Waals surface area contributed by atoms with E-state index in [1.54, 1.807) is 39.0 Å². The van der Waals surface area contributed by atoms with Gasteiger partial charge in [-0.15, -0.1) is 0 Å². The molecule has 1 aromatic rings. The maximum atomic E-state index is 11.5. The van der Waals surface area contributed by atoms with Crippen LogP contribution in [0.3, 0.4) is 0 Å². The number of benzene rings is 1. The SMILES string of the molecule is COc1cc(CC(=O)O)ccc1OCCNC(=O)OC(C)(C)C. The van der Waals surface area contributed by atoms with Crippen molar-refractivity contribution in [3.05, 3.63) is 23.8 Å². The second-order valence-electron chi connectivity index (χ2n) is 5.83. The van der Waals surface area contributed by atoms with E-state index in [0.29, 0.717) is 17.1 Å². The predicted octanol–water partition coefficient (Wildman–Crippen LogP) is 2.23. The topological polar surface area (TPSA) is 94.1 Å². The van der Waals surface area contributed by atoms with Gasteiger partial charge in [-0.3, -0.25) is 4.79 Å². The average Bonchev–Trinajstić information content (AvgIpc) is 2.42. The van der Waals surface area contributed by atoms with Crippen molar-refractivity contribution in [1.29, 1.82) is 0 Å². The highest BCUT2D eigenvalue weighted by Crippen LogP contribution is 2.28. The molecule has 0 aliphatic heterocycles. The zero-order chi connectivity index (χ0) is 17.5. The number of amides is 1. The molecular formula is C16H23NO6. The van der Waals surface area contributed by atoms with Crippen LogP contribution in [0, 0.1) is 0 Å². The van der Waals surface area contributed by atoms with E-state index < -0.39 is 17.7 Å².